The Bertz CT molecular complexity index is 1040. The second-order valence-corrected chi connectivity index (χ2v) is 6.43. The zero-order chi connectivity index (χ0) is 19.9. The van der Waals surface area contributed by atoms with Gasteiger partial charge in [-0.05, 0) is 36.4 Å². The average molecular weight is 415 g/mol. The molecule has 0 atom stereocenters. The third-order valence-electron chi connectivity index (χ3n) is 3.78. The highest BCUT2D eigenvalue weighted by Crippen LogP contribution is 2.27. The number of ether oxygens (including phenoxy) is 1. The number of rotatable bonds is 6. The molecule has 0 saturated carbocycles. The van der Waals surface area contributed by atoms with E-state index in [9.17, 15) is 4.79 Å². The lowest BCUT2D eigenvalue weighted by atomic mass is 10.1. The summed E-state index contributed by atoms with van der Waals surface area (Å²) < 4.78 is 5.26. The molecule has 0 radical (unpaired) electrons. The number of allylic oxidation sites excluding steroid dienone is 1. The van der Waals surface area contributed by atoms with E-state index in [1.165, 1.54) is 6.21 Å². The van der Waals surface area contributed by atoms with Gasteiger partial charge in [0, 0.05) is 17.3 Å². The van der Waals surface area contributed by atoms with E-state index < -0.39 is 5.91 Å². The number of H-pyrrole nitrogens is 1. The van der Waals surface area contributed by atoms with Crippen molar-refractivity contribution in [2.75, 3.05) is 7.11 Å². The van der Waals surface area contributed by atoms with Crippen LogP contribution in [0.3, 0.4) is 0 Å². The molecule has 0 fully saturated rings. The van der Waals surface area contributed by atoms with Crippen LogP contribution in [0.15, 0.2) is 59.7 Å². The number of aromatic nitrogens is 2. The number of hydrogen-bond donors (Lipinski definition) is 2. The van der Waals surface area contributed by atoms with Crippen LogP contribution < -0.4 is 10.2 Å². The van der Waals surface area contributed by atoms with Crippen LogP contribution in [-0.2, 0) is 0 Å². The van der Waals surface area contributed by atoms with Crippen LogP contribution in [-0.4, -0.2) is 29.4 Å². The summed E-state index contributed by atoms with van der Waals surface area (Å²) >= 11 is 11.9. The van der Waals surface area contributed by atoms with Crippen molar-refractivity contribution in [3.63, 3.8) is 0 Å². The SMILES string of the molecule is COc1ccccc1/C=C/C=N\NC(=O)c1cc(-c2ccc(Cl)c(Cl)c2)n[nH]1. The Balaban J connectivity index is 1.61. The van der Waals surface area contributed by atoms with Crippen molar-refractivity contribution < 1.29 is 9.53 Å². The van der Waals surface area contributed by atoms with Crippen LogP contribution >= 0.6 is 23.2 Å². The Kier molecular flexibility index (Phi) is 6.47. The number of amides is 1. The Morgan fingerprint density at radius 2 is 2.00 bits per heavy atom. The van der Waals surface area contributed by atoms with Gasteiger partial charge in [0.05, 0.1) is 22.8 Å². The van der Waals surface area contributed by atoms with E-state index >= 15 is 0 Å². The van der Waals surface area contributed by atoms with Crippen molar-refractivity contribution >= 4 is 41.4 Å². The number of halogens is 2. The van der Waals surface area contributed by atoms with Crippen LogP contribution in [0.25, 0.3) is 17.3 Å². The van der Waals surface area contributed by atoms with Crippen molar-refractivity contribution in [1.82, 2.24) is 15.6 Å². The smallest absolute Gasteiger partial charge is 0.289 e. The average Bonchev–Trinajstić information content (AvgIpc) is 3.20. The highest BCUT2D eigenvalue weighted by molar-refractivity contribution is 6.42. The third kappa shape index (κ3) is 4.79. The van der Waals surface area contributed by atoms with Crippen LogP contribution in [0.1, 0.15) is 16.1 Å². The zero-order valence-electron chi connectivity index (χ0n) is 14.8. The minimum Gasteiger partial charge on any atom is -0.496 e. The van der Waals surface area contributed by atoms with Gasteiger partial charge in [0.25, 0.3) is 5.91 Å². The molecule has 142 valence electrons. The fraction of sp³-hybridized carbons (Fsp3) is 0.0500. The first-order valence-electron chi connectivity index (χ1n) is 8.22. The molecular weight excluding hydrogens is 399 g/mol. The van der Waals surface area contributed by atoms with E-state index in [1.54, 1.807) is 37.5 Å². The van der Waals surface area contributed by atoms with E-state index in [0.29, 0.717) is 15.7 Å². The number of carbonyl (C=O) groups excluding carboxylic acids is 1. The van der Waals surface area contributed by atoms with Crippen LogP contribution in [0, 0.1) is 0 Å². The largest absolute Gasteiger partial charge is 0.496 e. The number of hydrazone groups is 1. The fourth-order valence-electron chi connectivity index (χ4n) is 2.39. The van der Waals surface area contributed by atoms with Gasteiger partial charge >= 0.3 is 0 Å². The maximum atomic E-state index is 12.2. The van der Waals surface area contributed by atoms with Crippen LogP contribution in [0.4, 0.5) is 0 Å². The van der Waals surface area contributed by atoms with Gasteiger partial charge in [-0.15, -0.1) is 0 Å². The number of nitrogens with zero attached hydrogens (tertiary/aromatic N) is 2. The molecule has 8 heteroatoms. The number of aromatic amines is 1. The van der Waals surface area contributed by atoms with E-state index in [1.807, 2.05) is 30.3 Å². The molecule has 2 aromatic carbocycles. The molecule has 2 N–H and O–H groups in total. The molecule has 3 aromatic rings. The van der Waals surface area contributed by atoms with Gasteiger partial charge in [0.1, 0.15) is 11.4 Å². The minimum atomic E-state index is -0.416. The number of para-hydroxylation sites is 1. The number of nitrogens with one attached hydrogen (secondary N) is 2. The second-order valence-electron chi connectivity index (χ2n) is 5.62. The summed E-state index contributed by atoms with van der Waals surface area (Å²) in [5, 5.41) is 11.5. The van der Waals surface area contributed by atoms with Gasteiger partial charge in [0.2, 0.25) is 0 Å². The fourth-order valence-corrected chi connectivity index (χ4v) is 2.69. The molecule has 3 rings (SSSR count). The molecule has 0 aliphatic carbocycles. The van der Waals surface area contributed by atoms with Gasteiger partial charge in [-0.1, -0.05) is 47.5 Å². The van der Waals surface area contributed by atoms with Gasteiger partial charge in [0.15, 0.2) is 0 Å². The van der Waals surface area contributed by atoms with Crippen LogP contribution in [0.2, 0.25) is 10.0 Å². The number of methoxy groups -OCH3 is 1. The van der Waals surface area contributed by atoms with Crippen molar-refractivity contribution in [3.05, 3.63) is 75.9 Å². The van der Waals surface area contributed by atoms with Crippen molar-refractivity contribution in [2.24, 2.45) is 5.10 Å². The molecule has 0 unspecified atom stereocenters. The lowest BCUT2D eigenvalue weighted by Gasteiger charge is -2.02. The summed E-state index contributed by atoms with van der Waals surface area (Å²) in [5.41, 5.74) is 4.92. The molecule has 0 aliphatic heterocycles. The first-order valence-corrected chi connectivity index (χ1v) is 8.98. The van der Waals surface area contributed by atoms with Gasteiger partial charge in [-0.25, -0.2) is 5.43 Å². The topological polar surface area (TPSA) is 79.4 Å². The summed E-state index contributed by atoms with van der Waals surface area (Å²) in [6.45, 7) is 0. The molecule has 1 heterocycles. The van der Waals surface area contributed by atoms with Gasteiger partial charge in [-0.3, -0.25) is 9.89 Å². The molecule has 0 bridgehead atoms. The van der Waals surface area contributed by atoms with Gasteiger partial charge in [-0.2, -0.15) is 10.2 Å². The quantitative estimate of drug-likeness (QED) is 0.448. The van der Waals surface area contributed by atoms with Crippen molar-refractivity contribution in [2.45, 2.75) is 0 Å². The van der Waals surface area contributed by atoms with E-state index in [4.69, 9.17) is 27.9 Å². The summed E-state index contributed by atoms with van der Waals surface area (Å²) in [4.78, 5) is 12.2. The summed E-state index contributed by atoms with van der Waals surface area (Å²) in [6.07, 6.45) is 5.00. The molecule has 0 saturated heterocycles. The standard InChI is InChI=1S/C20H16Cl2N4O2/c1-28-19-7-3-2-5-13(19)6-4-10-23-26-20(27)18-12-17(24-25-18)14-8-9-15(21)16(22)11-14/h2-12H,1H3,(H,24,25)(H,26,27)/b6-4+,23-10-. The highest BCUT2D eigenvalue weighted by Gasteiger charge is 2.11. The first kappa shape index (κ1) is 19.7. The summed E-state index contributed by atoms with van der Waals surface area (Å²) in [7, 11) is 1.61. The molecule has 0 aliphatic rings. The Morgan fingerprint density at radius 1 is 1.18 bits per heavy atom. The van der Waals surface area contributed by atoms with E-state index in [-0.39, 0.29) is 5.69 Å². The monoisotopic (exact) mass is 414 g/mol. The van der Waals surface area contributed by atoms with Crippen molar-refractivity contribution in [3.8, 4) is 17.0 Å². The summed E-state index contributed by atoms with van der Waals surface area (Å²) in [5.74, 6) is 0.337. The predicted octanol–water partition coefficient (Wildman–Crippen LogP) is 4.82. The minimum absolute atomic E-state index is 0.270. The normalized spacial score (nSPS) is 11.2. The maximum Gasteiger partial charge on any atom is 0.289 e. The number of hydrogen-bond acceptors (Lipinski definition) is 4. The van der Waals surface area contributed by atoms with E-state index in [0.717, 1.165) is 16.9 Å². The maximum absolute atomic E-state index is 12.2. The second kappa shape index (κ2) is 9.21. The molecule has 28 heavy (non-hydrogen) atoms. The Morgan fingerprint density at radius 3 is 2.79 bits per heavy atom. The molecular formula is C20H16Cl2N4O2. The predicted molar refractivity (Wildman–Crippen MR) is 112 cm³/mol. The lowest BCUT2D eigenvalue weighted by molar-refractivity contribution is 0.0950. The first-order chi connectivity index (χ1) is 13.6. The third-order valence-corrected chi connectivity index (χ3v) is 4.52. The zero-order valence-corrected chi connectivity index (χ0v) is 16.3. The summed E-state index contributed by atoms with van der Waals surface area (Å²) in [6, 6.07) is 14.3. The molecule has 0 spiro atoms. The van der Waals surface area contributed by atoms with Crippen molar-refractivity contribution in [1.29, 1.82) is 0 Å². The molecule has 1 amide bonds. The lowest BCUT2D eigenvalue weighted by Crippen LogP contribution is -2.17. The van der Waals surface area contributed by atoms with E-state index in [2.05, 4.69) is 20.7 Å². The Hall–Kier alpha value is -3.09. The highest BCUT2D eigenvalue weighted by atomic mass is 35.5. The number of benzene rings is 2. The van der Waals surface area contributed by atoms with Crippen LogP contribution in [0.5, 0.6) is 5.75 Å². The molecule has 1 aromatic heterocycles. The molecule has 6 nitrogen and oxygen atoms in total. The number of carbonyl (C=O) groups is 1. The van der Waals surface area contributed by atoms with Gasteiger partial charge < -0.3 is 4.74 Å². The Labute approximate surface area is 171 Å².